The minimum atomic E-state index is -0.613. The van der Waals surface area contributed by atoms with Gasteiger partial charge < -0.3 is 15.0 Å². The number of esters is 1. The molecule has 1 aromatic rings. The maximum Gasteiger partial charge on any atom is 0.330 e. The van der Waals surface area contributed by atoms with Gasteiger partial charge in [0, 0.05) is 34.7 Å². The van der Waals surface area contributed by atoms with Crippen LogP contribution in [0.5, 0.6) is 0 Å². The third-order valence-corrected chi connectivity index (χ3v) is 4.45. The lowest BCUT2D eigenvalue weighted by Crippen LogP contribution is -2.30. The van der Waals surface area contributed by atoms with Gasteiger partial charge in [-0.2, -0.15) is 0 Å². The van der Waals surface area contributed by atoms with Crippen LogP contribution in [-0.4, -0.2) is 42.4 Å². The number of anilines is 1. The van der Waals surface area contributed by atoms with E-state index in [1.54, 1.807) is 24.9 Å². The molecule has 0 spiro atoms. The molecule has 1 aromatic carbocycles. The van der Waals surface area contributed by atoms with Crippen LogP contribution in [-0.2, 0) is 14.3 Å². The fourth-order valence-electron chi connectivity index (χ4n) is 2.19. The third-order valence-electron chi connectivity index (χ3n) is 3.61. The third kappa shape index (κ3) is 5.31. The van der Waals surface area contributed by atoms with Crippen molar-refractivity contribution < 1.29 is 19.1 Å². The van der Waals surface area contributed by atoms with Gasteiger partial charge in [-0.1, -0.05) is 11.6 Å². The van der Waals surface area contributed by atoms with E-state index in [9.17, 15) is 14.4 Å². The van der Waals surface area contributed by atoms with Crippen molar-refractivity contribution in [3.63, 3.8) is 0 Å². The summed E-state index contributed by atoms with van der Waals surface area (Å²) in [6.07, 6.45) is 4.01. The maximum absolute atomic E-state index is 12.7. The molecular formula is C17H18BrClN2O4. The van der Waals surface area contributed by atoms with Gasteiger partial charge in [-0.3, -0.25) is 9.59 Å². The zero-order valence-electron chi connectivity index (χ0n) is 13.8. The first-order valence-corrected chi connectivity index (χ1v) is 8.92. The van der Waals surface area contributed by atoms with E-state index in [-0.39, 0.29) is 24.1 Å². The Morgan fingerprint density at radius 2 is 2.04 bits per heavy atom. The summed E-state index contributed by atoms with van der Waals surface area (Å²) in [5.41, 5.74) is 0.590. The van der Waals surface area contributed by atoms with Crippen molar-refractivity contribution in [2.24, 2.45) is 0 Å². The van der Waals surface area contributed by atoms with E-state index in [0.29, 0.717) is 15.2 Å². The Kier molecular flexibility index (Phi) is 6.61. The number of benzene rings is 1. The Hall–Kier alpha value is -1.86. The summed E-state index contributed by atoms with van der Waals surface area (Å²) in [7, 11) is 1.72. The smallest absolute Gasteiger partial charge is 0.330 e. The molecule has 2 rings (SSSR count). The average molecular weight is 430 g/mol. The van der Waals surface area contributed by atoms with Gasteiger partial charge in [-0.15, -0.1) is 0 Å². The molecule has 0 heterocycles. The first kappa shape index (κ1) is 19.5. The Bertz CT molecular complexity index is 732. The molecule has 6 nitrogen and oxygen atoms in total. The number of hydrogen-bond acceptors (Lipinski definition) is 4. The fraction of sp³-hybridized carbons (Fsp3) is 0.353. The number of nitrogens with one attached hydrogen (secondary N) is 1. The van der Waals surface area contributed by atoms with Gasteiger partial charge in [-0.05, 0) is 47.8 Å². The molecule has 0 unspecified atom stereocenters. The second-order valence-corrected chi connectivity index (χ2v) is 6.82. The summed E-state index contributed by atoms with van der Waals surface area (Å²) < 4.78 is 5.19. The molecule has 1 aliphatic rings. The van der Waals surface area contributed by atoms with Crippen molar-refractivity contribution in [3.05, 3.63) is 39.3 Å². The summed E-state index contributed by atoms with van der Waals surface area (Å²) >= 11 is 9.37. The van der Waals surface area contributed by atoms with Gasteiger partial charge in [0.05, 0.1) is 17.9 Å². The first-order valence-electron chi connectivity index (χ1n) is 7.75. The van der Waals surface area contributed by atoms with Crippen molar-refractivity contribution in [1.29, 1.82) is 0 Å². The van der Waals surface area contributed by atoms with Gasteiger partial charge in [0.15, 0.2) is 0 Å². The summed E-state index contributed by atoms with van der Waals surface area (Å²) in [6, 6.07) is 3.32. The standard InChI is InChI=1S/C17H18BrClN2O4/c1-3-25-15(23)7-6-14(22)20-16-12(8-10(19)9-13(16)18)17(24)21(2)11-4-5-11/h6-9,11H,3-5H2,1-2H3,(H,20,22). The van der Waals surface area contributed by atoms with Crippen molar-refractivity contribution in [3.8, 4) is 0 Å². The number of halogens is 2. The highest BCUT2D eigenvalue weighted by Gasteiger charge is 2.31. The monoisotopic (exact) mass is 428 g/mol. The zero-order chi connectivity index (χ0) is 18.6. The molecule has 1 saturated carbocycles. The van der Waals surface area contributed by atoms with Gasteiger partial charge in [-0.25, -0.2) is 4.79 Å². The Balaban J connectivity index is 2.22. The predicted octanol–water partition coefficient (Wildman–Crippen LogP) is 3.39. The number of rotatable bonds is 6. The van der Waals surface area contributed by atoms with Crippen LogP contribution in [0, 0.1) is 0 Å². The molecule has 0 bridgehead atoms. The van der Waals surface area contributed by atoms with Crippen LogP contribution in [0.4, 0.5) is 5.69 Å². The van der Waals surface area contributed by atoms with Gasteiger partial charge in [0.2, 0.25) is 5.91 Å². The molecule has 0 radical (unpaired) electrons. The lowest BCUT2D eigenvalue weighted by Gasteiger charge is -2.19. The Labute approximate surface area is 159 Å². The van der Waals surface area contributed by atoms with Crippen LogP contribution in [0.15, 0.2) is 28.8 Å². The maximum atomic E-state index is 12.7. The highest BCUT2D eigenvalue weighted by atomic mass is 79.9. The number of carbonyl (C=O) groups excluding carboxylic acids is 3. The minimum absolute atomic E-state index is 0.220. The van der Waals surface area contributed by atoms with Crippen molar-refractivity contribution >= 4 is 51.0 Å². The molecule has 0 aromatic heterocycles. The van der Waals surface area contributed by atoms with Crippen molar-refractivity contribution in [1.82, 2.24) is 4.90 Å². The molecule has 1 aliphatic carbocycles. The number of carbonyl (C=O) groups is 3. The van der Waals surface area contributed by atoms with Gasteiger partial charge >= 0.3 is 5.97 Å². The molecule has 0 saturated heterocycles. The number of hydrogen-bond donors (Lipinski definition) is 1. The van der Waals surface area contributed by atoms with Gasteiger partial charge in [0.25, 0.3) is 5.91 Å². The van der Waals surface area contributed by atoms with E-state index in [4.69, 9.17) is 16.3 Å². The van der Waals surface area contributed by atoms with Crippen LogP contribution in [0.1, 0.15) is 30.1 Å². The van der Waals surface area contributed by atoms with Crippen molar-refractivity contribution in [2.45, 2.75) is 25.8 Å². The fourth-order valence-corrected chi connectivity index (χ4v) is 3.10. The van der Waals surface area contributed by atoms with E-state index < -0.39 is 11.9 Å². The number of amides is 2. The lowest BCUT2D eigenvalue weighted by molar-refractivity contribution is -0.137. The summed E-state index contributed by atoms with van der Waals surface area (Å²) in [5.74, 6) is -1.40. The molecule has 2 amide bonds. The Morgan fingerprint density at radius 3 is 2.64 bits per heavy atom. The van der Waals surface area contributed by atoms with Crippen LogP contribution >= 0.6 is 27.5 Å². The second kappa shape index (κ2) is 8.49. The predicted molar refractivity (Wildman–Crippen MR) is 98.7 cm³/mol. The molecule has 1 N–H and O–H groups in total. The second-order valence-electron chi connectivity index (χ2n) is 5.53. The molecule has 0 aliphatic heterocycles. The Morgan fingerprint density at radius 1 is 1.36 bits per heavy atom. The molecular weight excluding hydrogens is 412 g/mol. The highest BCUT2D eigenvalue weighted by Crippen LogP contribution is 2.34. The quantitative estimate of drug-likeness (QED) is 0.555. The van der Waals surface area contributed by atoms with Crippen LogP contribution in [0.25, 0.3) is 0 Å². The summed E-state index contributed by atoms with van der Waals surface area (Å²) in [6.45, 7) is 1.89. The lowest BCUT2D eigenvalue weighted by atomic mass is 10.1. The van der Waals surface area contributed by atoms with E-state index >= 15 is 0 Å². The van der Waals surface area contributed by atoms with E-state index in [0.717, 1.165) is 25.0 Å². The first-order chi connectivity index (χ1) is 11.8. The highest BCUT2D eigenvalue weighted by molar-refractivity contribution is 9.10. The van der Waals surface area contributed by atoms with E-state index in [2.05, 4.69) is 21.2 Å². The van der Waals surface area contributed by atoms with E-state index in [1.807, 2.05) is 0 Å². The molecule has 25 heavy (non-hydrogen) atoms. The number of ether oxygens (including phenoxy) is 1. The minimum Gasteiger partial charge on any atom is -0.463 e. The summed E-state index contributed by atoms with van der Waals surface area (Å²) in [5, 5.41) is 2.99. The topological polar surface area (TPSA) is 75.7 Å². The summed E-state index contributed by atoms with van der Waals surface area (Å²) in [4.78, 5) is 37.7. The average Bonchev–Trinajstić information content (AvgIpc) is 3.39. The molecule has 0 atom stereocenters. The normalized spacial score (nSPS) is 13.6. The van der Waals surface area contributed by atoms with Crippen LogP contribution < -0.4 is 5.32 Å². The zero-order valence-corrected chi connectivity index (χ0v) is 16.2. The van der Waals surface area contributed by atoms with E-state index in [1.165, 1.54) is 6.07 Å². The van der Waals surface area contributed by atoms with Crippen LogP contribution in [0.2, 0.25) is 5.02 Å². The number of nitrogens with zero attached hydrogens (tertiary/aromatic N) is 1. The molecule has 134 valence electrons. The van der Waals surface area contributed by atoms with Crippen LogP contribution in [0.3, 0.4) is 0 Å². The van der Waals surface area contributed by atoms with Gasteiger partial charge in [0.1, 0.15) is 0 Å². The van der Waals surface area contributed by atoms with Crippen molar-refractivity contribution in [2.75, 3.05) is 19.0 Å². The molecule has 1 fully saturated rings. The molecule has 8 heteroatoms. The largest absolute Gasteiger partial charge is 0.463 e. The SMILES string of the molecule is CCOC(=O)C=CC(=O)Nc1c(Br)cc(Cl)cc1C(=O)N(C)C1CC1.